The van der Waals surface area contributed by atoms with Gasteiger partial charge in [0.05, 0.1) is 10.4 Å². The highest BCUT2D eigenvalue weighted by Gasteiger charge is 2.21. The number of benzene rings is 2. The maximum atomic E-state index is 12.5. The first-order chi connectivity index (χ1) is 12.8. The van der Waals surface area contributed by atoms with Crippen molar-refractivity contribution in [2.45, 2.75) is 18.7 Å². The lowest BCUT2D eigenvalue weighted by molar-refractivity contribution is 0.102. The highest BCUT2D eigenvalue weighted by atomic mass is 32.2. The maximum Gasteiger partial charge on any atom is 0.417 e. The molecule has 8 nitrogen and oxygen atoms in total. The number of nitrogens with one attached hydrogen (secondary N) is 2. The molecule has 0 fully saturated rings. The Morgan fingerprint density at radius 1 is 1.11 bits per heavy atom. The second-order valence-electron chi connectivity index (χ2n) is 5.79. The fourth-order valence-corrected chi connectivity index (χ4v) is 4.18. The summed E-state index contributed by atoms with van der Waals surface area (Å²) in [4.78, 5) is 26.2. The third kappa shape index (κ3) is 3.79. The molecule has 2 aromatic carbocycles. The summed E-state index contributed by atoms with van der Waals surface area (Å²) in [7, 11) is -3.57. The van der Waals surface area contributed by atoms with Crippen molar-refractivity contribution in [1.29, 1.82) is 0 Å². The zero-order valence-corrected chi connectivity index (χ0v) is 15.7. The van der Waals surface area contributed by atoms with E-state index in [1.165, 1.54) is 34.6 Å². The lowest BCUT2D eigenvalue weighted by atomic mass is 10.2. The van der Waals surface area contributed by atoms with Gasteiger partial charge in [0.25, 0.3) is 5.91 Å². The van der Waals surface area contributed by atoms with Crippen LogP contribution in [0.25, 0.3) is 11.1 Å². The predicted molar refractivity (Wildman–Crippen MR) is 101 cm³/mol. The number of carbonyl (C=O) groups is 1. The summed E-state index contributed by atoms with van der Waals surface area (Å²) in [6.07, 6.45) is 0. The summed E-state index contributed by atoms with van der Waals surface area (Å²) in [5.74, 6) is -0.975. The topological polar surface area (TPSA) is 112 Å². The summed E-state index contributed by atoms with van der Waals surface area (Å²) in [6.45, 7) is 4.29. The van der Waals surface area contributed by atoms with E-state index < -0.39 is 21.7 Å². The molecular formula is C18H19N3O5S. The van der Waals surface area contributed by atoms with E-state index in [-0.39, 0.29) is 4.90 Å². The second kappa shape index (κ2) is 7.37. The number of hydrogen-bond donors (Lipinski definition) is 2. The maximum absolute atomic E-state index is 12.5. The first-order valence-corrected chi connectivity index (χ1v) is 9.83. The van der Waals surface area contributed by atoms with Gasteiger partial charge in [0, 0.05) is 30.4 Å². The quantitative estimate of drug-likeness (QED) is 0.672. The molecule has 1 heterocycles. The van der Waals surface area contributed by atoms with Crippen LogP contribution in [0, 0.1) is 0 Å². The number of aromatic nitrogens is 1. The predicted octanol–water partition coefficient (Wildman–Crippen LogP) is 2.40. The van der Waals surface area contributed by atoms with Gasteiger partial charge in [-0.05, 0) is 36.4 Å². The zero-order chi connectivity index (χ0) is 19.6. The van der Waals surface area contributed by atoms with Crippen molar-refractivity contribution in [3.05, 3.63) is 58.6 Å². The zero-order valence-electron chi connectivity index (χ0n) is 14.9. The van der Waals surface area contributed by atoms with E-state index in [0.29, 0.717) is 35.4 Å². The molecule has 0 unspecified atom stereocenters. The molecule has 142 valence electrons. The highest BCUT2D eigenvalue weighted by molar-refractivity contribution is 7.89. The van der Waals surface area contributed by atoms with Crippen LogP contribution in [0.15, 0.2) is 56.6 Å². The number of sulfonamides is 1. The highest BCUT2D eigenvalue weighted by Crippen LogP contribution is 2.19. The van der Waals surface area contributed by atoms with Gasteiger partial charge in [0.2, 0.25) is 10.0 Å². The van der Waals surface area contributed by atoms with E-state index in [4.69, 9.17) is 4.42 Å². The molecule has 0 radical (unpaired) electrons. The van der Waals surface area contributed by atoms with Crippen LogP contribution in [0.2, 0.25) is 0 Å². The molecule has 0 aliphatic carbocycles. The monoisotopic (exact) mass is 389 g/mol. The Balaban J connectivity index is 1.79. The Hall–Kier alpha value is -2.91. The fourth-order valence-electron chi connectivity index (χ4n) is 2.72. The Kier molecular flexibility index (Phi) is 5.15. The van der Waals surface area contributed by atoms with Crippen molar-refractivity contribution >= 4 is 32.7 Å². The molecule has 0 saturated carbocycles. The fraction of sp³-hybridized carbons (Fsp3) is 0.222. The molecule has 0 bridgehead atoms. The minimum atomic E-state index is -3.57. The number of rotatable bonds is 6. The van der Waals surface area contributed by atoms with E-state index >= 15 is 0 Å². The number of amides is 1. The Bertz CT molecular complexity index is 1130. The van der Waals surface area contributed by atoms with Gasteiger partial charge in [0.15, 0.2) is 5.58 Å². The van der Waals surface area contributed by atoms with Crippen molar-refractivity contribution in [3.8, 4) is 0 Å². The summed E-state index contributed by atoms with van der Waals surface area (Å²) in [5, 5.41) is 2.69. The van der Waals surface area contributed by atoms with Crippen LogP contribution in [0.3, 0.4) is 0 Å². The van der Waals surface area contributed by atoms with E-state index in [0.717, 1.165) is 0 Å². The van der Waals surface area contributed by atoms with Crippen LogP contribution < -0.4 is 11.1 Å². The van der Waals surface area contributed by atoms with Crippen LogP contribution in [0.4, 0.5) is 5.69 Å². The second-order valence-corrected chi connectivity index (χ2v) is 7.73. The van der Waals surface area contributed by atoms with Gasteiger partial charge in [-0.1, -0.05) is 13.8 Å². The van der Waals surface area contributed by atoms with Crippen LogP contribution >= 0.6 is 0 Å². The van der Waals surface area contributed by atoms with E-state index in [1.807, 2.05) is 0 Å². The van der Waals surface area contributed by atoms with Crippen molar-refractivity contribution in [3.63, 3.8) is 0 Å². The van der Waals surface area contributed by atoms with Crippen molar-refractivity contribution in [2.75, 3.05) is 18.4 Å². The SMILES string of the molecule is CCN(CC)S(=O)(=O)c1ccc(C(=O)Nc2ccc3[nH]c(=O)oc3c2)cc1. The van der Waals surface area contributed by atoms with Crippen LogP contribution in [0.5, 0.6) is 0 Å². The molecule has 27 heavy (non-hydrogen) atoms. The van der Waals surface area contributed by atoms with Crippen molar-refractivity contribution in [1.82, 2.24) is 9.29 Å². The normalized spacial score (nSPS) is 11.8. The molecule has 0 saturated heterocycles. The summed E-state index contributed by atoms with van der Waals surface area (Å²) < 4.78 is 31.3. The van der Waals surface area contributed by atoms with Gasteiger partial charge >= 0.3 is 5.76 Å². The van der Waals surface area contributed by atoms with Crippen molar-refractivity contribution < 1.29 is 17.6 Å². The Morgan fingerprint density at radius 3 is 2.41 bits per heavy atom. The summed E-state index contributed by atoms with van der Waals surface area (Å²) in [6, 6.07) is 10.5. The van der Waals surface area contributed by atoms with Gasteiger partial charge in [-0.25, -0.2) is 13.2 Å². The lowest BCUT2D eigenvalue weighted by Gasteiger charge is -2.18. The van der Waals surface area contributed by atoms with Gasteiger partial charge in [-0.15, -0.1) is 0 Å². The summed E-state index contributed by atoms with van der Waals surface area (Å²) in [5.41, 5.74) is 1.63. The average molecular weight is 389 g/mol. The number of hydrogen-bond acceptors (Lipinski definition) is 5. The Morgan fingerprint density at radius 2 is 1.78 bits per heavy atom. The van der Waals surface area contributed by atoms with Gasteiger partial charge in [-0.3, -0.25) is 9.78 Å². The third-order valence-electron chi connectivity index (χ3n) is 4.14. The molecule has 3 aromatic rings. The molecule has 1 aromatic heterocycles. The molecule has 2 N–H and O–H groups in total. The smallest absolute Gasteiger partial charge is 0.408 e. The number of fused-ring (bicyclic) bond motifs is 1. The molecule has 3 rings (SSSR count). The van der Waals surface area contributed by atoms with Crippen molar-refractivity contribution in [2.24, 2.45) is 0 Å². The van der Waals surface area contributed by atoms with E-state index in [1.54, 1.807) is 26.0 Å². The van der Waals surface area contributed by atoms with E-state index in [9.17, 15) is 18.0 Å². The minimum absolute atomic E-state index is 0.137. The molecule has 0 spiro atoms. The number of carbonyl (C=O) groups excluding carboxylic acids is 1. The Labute approximate surface area is 155 Å². The molecule has 0 aliphatic rings. The molecule has 9 heteroatoms. The van der Waals surface area contributed by atoms with Crippen LogP contribution in [-0.4, -0.2) is 36.7 Å². The first-order valence-electron chi connectivity index (χ1n) is 8.39. The number of nitrogens with zero attached hydrogens (tertiary/aromatic N) is 1. The standard InChI is InChI=1S/C18H19N3O5S/c1-3-21(4-2)27(24,25)14-8-5-12(6-9-14)17(22)19-13-7-10-15-16(11-13)26-18(23)20-15/h5-11H,3-4H2,1-2H3,(H,19,22)(H,20,23). The number of H-pyrrole nitrogens is 1. The van der Waals surface area contributed by atoms with Crippen LogP contribution in [0.1, 0.15) is 24.2 Å². The van der Waals surface area contributed by atoms with Crippen LogP contribution in [-0.2, 0) is 10.0 Å². The van der Waals surface area contributed by atoms with Gasteiger partial charge in [0.1, 0.15) is 0 Å². The number of anilines is 1. The molecular weight excluding hydrogens is 370 g/mol. The third-order valence-corrected chi connectivity index (χ3v) is 6.20. The molecule has 0 aliphatic heterocycles. The lowest BCUT2D eigenvalue weighted by Crippen LogP contribution is -2.30. The van der Waals surface area contributed by atoms with E-state index in [2.05, 4.69) is 10.3 Å². The minimum Gasteiger partial charge on any atom is -0.408 e. The molecule has 1 amide bonds. The molecule has 0 atom stereocenters. The van der Waals surface area contributed by atoms with Gasteiger partial charge in [-0.2, -0.15) is 4.31 Å². The first kappa shape index (κ1) is 18.9. The largest absolute Gasteiger partial charge is 0.417 e. The number of oxazole rings is 1. The average Bonchev–Trinajstić information content (AvgIpc) is 3.02. The van der Waals surface area contributed by atoms with Gasteiger partial charge < -0.3 is 9.73 Å². The summed E-state index contributed by atoms with van der Waals surface area (Å²) >= 11 is 0. The number of aromatic amines is 1.